The van der Waals surface area contributed by atoms with Crippen LogP contribution < -0.4 is 9.64 Å². The smallest absolute Gasteiger partial charge is 0.222 e. The van der Waals surface area contributed by atoms with Crippen LogP contribution in [0.2, 0.25) is 0 Å². The highest BCUT2D eigenvalue weighted by molar-refractivity contribution is 5.76. The lowest BCUT2D eigenvalue weighted by Gasteiger charge is -2.36. The van der Waals surface area contributed by atoms with Crippen molar-refractivity contribution >= 4 is 11.6 Å². The summed E-state index contributed by atoms with van der Waals surface area (Å²) in [5.41, 5.74) is 2.42. The minimum absolute atomic E-state index is 0.135. The van der Waals surface area contributed by atoms with E-state index in [1.54, 1.807) is 12.1 Å². The van der Waals surface area contributed by atoms with Crippen LogP contribution in [0.25, 0.3) is 0 Å². The number of amides is 1. The van der Waals surface area contributed by atoms with Crippen molar-refractivity contribution < 1.29 is 14.6 Å². The maximum atomic E-state index is 12.5. The number of carbonyl (C=O) groups is 1. The number of anilines is 1. The summed E-state index contributed by atoms with van der Waals surface area (Å²) in [6, 6.07) is 15.5. The van der Waals surface area contributed by atoms with Crippen LogP contribution >= 0.6 is 0 Å². The zero-order valence-corrected chi connectivity index (χ0v) is 17.7. The van der Waals surface area contributed by atoms with E-state index >= 15 is 0 Å². The number of phenols is 1. The Morgan fingerprint density at radius 3 is 2.34 bits per heavy atom. The summed E-state index contributed by atoms with van der Waals surface area (Å²) in [4.78, 5) is 16.6. The summed E-state index contributed by atoms with van der Waals surface area (Å²) >= 11 is 0. The molecule has 1 aliphatic rings. The number of benzene rings is 2. The molecular formula is C24H32N2O3. The molecule has 1 aliphatic heterocycles. The SMILES string of the molecule is CC(C)(C)c1ccc(OCCCC(=O)N2CCN(c3cccc(O)c3)CC2)cc1. The van der Waals surface area contributed by atoms with Gasteiger partial charge in [0.25, 0.3) is 0 Å². The summed E-state index contributed by atoms with van der Waals surface area (Å²) in [7, 11) is 0. The van der Waals surface area contributed by atoms with Gasteiger partial charge in [0.05, 0.1) is 6.61 Å². The highest BCUT2D eigenvalue weighted by Crippen LogP contribution is 2.24. The van der Waals surface area contributed by atoms with Crippen molar-refractivity contribution in [2.24, 2.45) is 0 Å². The van der Waals surface area contributed by atoms with Gasteiger partial charge in [0.2, 0.25) is 5.91 Å². The molecule has 0 atom stereocenters. The maximum Gasteiger partial charge on any atom is 0.222 e. The lowest BCUT2D eigenvalue weighted by atomic mass is 9.87. The molecule has 1 heterocycles. The fourth-order valence-corrected chi connectivity index (χ4v) is 3.53. The molecule has 0 saturated carbocycles. The quantitative estimate of drug-likeness (QED) is 0.744. The van der Waals surface area contributed by atoms with Crippen LogP contribution in [0.5, 0.6) is 11.5 Å². The molecule has 0 aromatic heterocycles. The van der Waals surface area contributed by atoms with Gasteiger partial charge in [-0.25, -0.2) is 0 Å². The first-order valence-corrected chi connectivity index (χ1v) is 10.4. The summed E-state index contributed by atoms with van der Waals surface area (Å²) in [6.45, 7) is 10.1. The molecule has 2 aromatic rings. The molecule has 1 N–H and O–H groups in total. The first-order chi connectivity index (χ1) is 13.8. The number of nitrogens with zero attached hydrogens (tertiary/aromatic N) is 2. The third-order valence-electron chi connectivity index (χ3n) is 5.35. The van der Waals surface area contributed by atoms with Gasteiger partial charge in [-0.2, -0.15) is 0 Å². The van der Waals surface area contributed by atoms with Crippen molar-refractivity contribution in [1.29, 1.82) is 0 Å². The van der Waals surface area contributed by atoms with E-state index in [9.17, 15) is 9.90 Å². The van der Waals surface area contributed by atoms with E-state index in [2.05, 4.69) is 37.8 Å². The van der Waals surface area contributed by atoms with Crippen LogP contribution in [0.15, 0.2) is 48.5 Å². The van der Waals surface area contributed by atoms with E-state index in [1.807, 2.05) is 29.2 Å². The molecule has 0 spiro atoms. The van der Waals surface area contributed by atoms with E-state index in [4.69, 9.17) is 4.74 Å². The van der Waals surface area contributed by atoms with Gasteiger partial charge in [-0.15, -0.1) is 0 Å². The lowest BCUT2D eigenvalue weighted by molar-refractivity contribution is -0.131. The topological polar surface area (TPSA) is 53.0 Å². The zero-order chi connectivity index (χ0) is 20.9. The molecule has 1 amide bonds. The molecule has 0 aliphatic carbocycles. The average Bonchev–Trinajstić information content (AvgIpc) is 2.71. The Hall–Kier alpha value is -2.69. The minimum Gasteiger partial charge on any atom is -0.508 e. The van der Waals surface area contributed by atoms with Crippen LogP contribution in [0, 0.1) is 0 Å². The Labute approximate surface area is 173 Å². The zero-order valence-electron chi connectivity index (χ0n) is 17.7. The molecule has 1 fully saturated rings. The molecule has 29 heavy (non-hydrogen) atoms. The molecule has 0 radical (unpaired) electrons. The molecule has 1 saturated heterocycles. The van der Waals surface area contributed by atoms with Gasteiger partial charge in [0.1, 0.15) is 11.5 Å². The predicted octanol–water partition coefficient (Wildman–Crippen LogP) is 4.20. The first-order valence-electron chi connectivity index (χ1n) is 10.4. The fourth-order valence-electron chi connectivity index (χ4n) is 3.53. The third-order valence-corrected chi connectivity index (χ3v) is 5.35. The number of hydrogen-bond donors (Lipinski definition) is 1. The van der Waals surface area contributed by atoms with Gasteiger partial charge in [0, 0.05) is 44.4 Å². The summed E-state index contributed by atoms with van der Waals surface area (Å²) in [6.07, 6.45) is 1.22. The minimum atomic E-state index is 0.135. The molecule has 3 rings (SSSR count). The van der Waals surface area contributed by atoms with Gasteiger partial charge in [0.15, 0.2) is 0 Å². The van der Waals surface area contributed by atoms with E-state index < -0.39 is 0 Å². The van der Waals surface area contributed by atoms with Crippen molar-refractivity contribution in [3.8, 4) is 11.5 Å². The van der Waals surface area contributed by atoms with Crippen molar-refractivity contribution in [2.75, 3.05) is 37.7 Å². The third kappa shape index (κ3) is 5.89. The largest absolute Gasteiger partial charge is 0.508 e. The molecule has 5 nitrogen and oxygen atoms in total. The standard InChI is InChI=1S/C24H32N2O3/c1-24(2,3)19-9-11-22(12-10-19)29-17-5-8-23(28)26-15-13-25(14-16-26)20-6-4-7-21(27)18-20/h4,6-7,9-12,18,27H,5,8,13-17H2,1-3H3. The monoisotopic (exact) mass is 396 g/mol. The second-order valence-electron chi connectivity index (χ2n) is 8.61. The second-order valence-corrected chi connectivity index (χ2v) is 8.61. The van der Waals surface area contributed by atoms with Crippen molar-refractivity contribution in [3.05, 3.63) is 54.1 Å². The van der Waals surface area contributed by atoms with Crippen LogP contribution in [-0.2, 0) is 10.2 Å². The van der Waals surface area contributed by atoms with Crippen molar-refractivity contribution in [3.63, 3.8) is 0 Å². The van der Waals surface area contributed by atoms with Crippen LogP contribution in [-0.4, -0.2) is 48.7 Å². The van der Waals surface area contributed by atoms with Crippen molar-refractivity contribution in [2.45, 2.75) is 39.0 Å². The number of phenolic OH excluding ortho intramolecular Hbond substituents is 1. The van der Waals surface area contributed by atoms with E-state index in [1.165, 1.54) is 5.56 Å². The Kier molecular flexibility index (Phi) is 6.68. The summed E-state index contributed by atoms with van der Waals surface area (Å²) in [5.74, 6) is 1.31. The van der Waals surface area contributed by atoms with E-state index in [0.29, 0.717) is 32.5 Å². The van der Waals surface area contributed by atoms with Crippen LogP contribution in [0.1, 0.15) is 39.2 Å². The van der Waals surface area contributed by atoms with Crippen LogP contribution in [0.3, 0.4) is 0 Å². The maximum absolute atomic E-state index is 12.5. The number of aromatic hydroxyl groups is 1. The summed E-state index contributed by atoms with van der Waals surface area (Å²) < 4.78 is 5.79. The Morgan fingerprint density at radius 1 is 1.03 bits per heavy atom. The van der Waals surface area contributed by atoms with Crippen LogP contribution in [0.4, 0.5) is 5.69 Å². The van der Waals surface area contributed by atoms with E-state index in [-0.39, 0.29) is 17.1 Å². The first kappa shape index (κ1) is 21.0. The second kappa shape index (κ2) is 9.21. The molecule has 156 valence electrons. The van der Waals surface area contributed by atoms with Gasteiger partial charge in [-0.1, -0.05) is 39.0 Å². The van der Waals surface area contributed by atoms with Gasteiger partial charge in [-0.05, 0) is 41.7 Å². The number of rotatable bonds is 6. The fraction of sp³-hybridized carbons (Fsp3) is 0.458. The number of carbonyl (C=O) groups excluding carboxylic acids is 1. The average molecular weight is 397 g/mol. The number of hydrogen-bond acceptors (Lipinski definition) is 4. The predicted molar refractivity (Wildman–Crippen MR) is 117 cm³/mol. The highest BCUT2D eigenvalue weighted by atomic mass is 16.5. The Bertz CT molecular complexity index is 804. The normalized spacial score (nSPS) is 14.7. The van der Waals surface area contributed by atoms with Crippen molar-refractivity contribution in [1.82, 2.24) is 4.90 Å². The van der Waals surface area contributed by atoms with Gasteiger partial charge in [-0.3, -0.25) is 4.79 Å². The highest BCUT2D eigenvalue weighted by Gasteiger charge is 2.21. The number of ether oxygens (including phenoxy) is 1. The Balaban J connectivity index is 1.37. The van der Waals surface area contributed by atoms with E-state index in [0.717, 1.165) is 24.5 Å². The molecule has 0 unspecified atom stereocenters. The molecular weight excluding hydrogens is 364 g/mol. The summed E-state index contributed by atoms with van der Waals surface area (Å²) in [5, 5.41) is 9.63. The lowest BCUT2D eigenvalue weighted by Crippen LogP contribution is -2.48. The Morgan fingerprint density at radius 2 is 1.72 bits per heavy atom. The molecule has 2 aromatic carbocycles. The number of piperazine rings is 1. The molecule has 0 bridgehead atoms. The van der Waals surface area contributed by atoms with Gasteiger partial charge < -0.3 is 19.6 Å². The molecule has 5 heteroatoms. The van der Waals surface area contributed by atoms with Gasteiger partial charge >= 0.3 is 0 Å².